The molecule has 0 atom stereocenters. The maximum atomic E-state index is 12.6. The summed E-state index contributed by atoms with van der Waals surface area (Å²) in [5, 5.41) is 0. The van der Waals surface area contributed by atoms with Crippen LogP contribution in [0.4, 0.5) is 5.69 Å². The Hall–Kier alpha value is -1.77. The topological polar surface area (TPSA) is 46.3 Å². The summed E-state index contributed by atoms with van der Waals surface area (Å²) < 4.78 is 0. The Labute approximate surface area is 115 Å². The summed E-state index contributed by atoms with van der Waals surface area (Å²) in [5.74, 6) is 0.0681. The van der Waals surface area contributed by atoms with Gasteiger partial charge in [-0.15, -0.1) is 6.58 Å². The van der Waals surface area contributed by atoms with E-state index in [1.807, 2.05) is 24.0 Å². The zero-order valence-electron chi connectivity index (χ0n) is 11.6. The molecular formula is C16H22N2O. The van der Waals surface area contributed by atoms with Crippen LogP contribution in [0.2, 0.25) is 0 Å². The van der Waals surface area contributed by atoms with Gasteiger partial charge in [0.2, 0.25) is 0 Å². The first kappa shape index (κ1) is 13.7. The van der Waals surface area contributed by atoms with Gasteiger partial charge in [-0.1, -0.05) is 25.0 Å². The van der Waals surface area contributed by atoms with E-state index in [0.717, 1.165) is 18.4 Å². The van der Waals surface area contributed by atoms with E-state index >= 15 is 0 Å². The number of rotatable bonds is 4. The van der Waals surface area contributed by atoms with Crippen LogP contribution in [0, 0.1) is 6.92 Å². The fourth-order valence-corrected chi connectivity index (χ4v) is 2.69. The largest absolute Gasteiger partial charge is 0.398 e. The van der Waals surface area contributed by atoms with Gasteiger partial charge < -0.3 is 10.6 Å². The highest BCUT2D eigenvalue weighted by molar-refractivity contribution is 5.95. The second-order valence-electron chi connectivity index (χ2n) is 5.26. The number of anilines is 1. The Kier molecular flexibility index (Phi) is 4.25. The van der Waals surface area contributed by atoms with E-state index < -0.39 is 0 Å². The zero-order valence-corrected chi connectivity index (χ0v) is 11.6. The summed E-state index contributed by atoms with van der Waals surface area (Å²) in [7, 11) is 0. The smallest absolute Gasteiger partial charge is 0.254 e. The summed E-state index contributed by atoms with van der Waals surface area (Å²) >= 11 is 0. The standard InChI is InChI=1S/C16H22N2O/c1-3-10-18(14-6-4-5-7-14)16(19)13-9-8-12(2)15(17)11-13/h3,8-9,11,14H,1,4-7,10,17H2,2H3. The molecule has 3 nitrogen and oxygen atoms in total. The first-order chi connectivity index (χ1) is 9.13. The minimum Gasteiger partial charge on any atom is -0.398 e. The molecule has 1 amide bonds. The number of carbonyl (C=O) groups is 1. The monoisotopic (exact) mass is 258 g/mol. The first-order valence-corrected chi connectivity index (χ1v) is 6.91. The molecular weight excluding hydrogens is 236 g/mol. The van der Waals surface area contributed by atoms with Gasteiger partial charge in [-0.25, -0.2) is 0 Å². The molecule has 2 N–H and O–H groups in total. The third-order valence-electron chi connectivity index (χ3n) is 3.88. The lowest BCUT2D eigenvalue weighted by Gasteiger charge is -2.28. The number of aryl methyl sites for hydroxylation is 1. The van der Waals surface area contributed by atoms with Gasteiger partial charge in [-0.05, 0) is 37.5 Å². The van der Waals surface area contributed by atoms with Gasteiger partial charge in [0.25, 0.3) is 5.91 Å². The maximum absolute atomic E-state index is 12.6. The van der Waals surface area contributed by atoms with Crippen LogP contribution in [0.15, 0.2) is 30.9 Å². The van der Waals surface area contributed by atoms with Crippen molar-refractivity contribution in [2.24, 2.45) is 0 Å². The molecule has 1 aliphatic rings. The molecule has 2 rings (SSSR count). The number of nitrogen functional groups attached to an aromatic ring is 1. The van der Waals surface area contributed by atoms with Crippen molar-refractivity contribution in [3.8, 4) is 0 Å². The van der Waals surface area contributed by atoms with Crippen LogP contribution in [0.5, 0.6) is 0 Å². The van der Waals surface area contributed by atoms with Crippen LogP contribution in [-0.4, -0.2) is 23.4 Å². The minimum atomic E-state index is 0.0681. The van der Waals surface area contributed by atoms with Crippen molar-refractivity contribution < 1.29 is 4.79 Å². The number of nitrogens with two attached hydrogens (primary N) is 1. The highest BCUT2D eigenvalue weighted by Gasteiger charge is 2.26. The van der Waals surface area contributed by atoms with Crippen LogP contribution in [-0.2, 0) is 0 Å². The van der Waals surface area contributed by atoms with E-state index in [2.05, 4.69) is 6.58 Å². The predicted octanol–water partition coefficient (Wildman–Crippen LogP) is 3.15. The number of benzene rings is 1. The Balaban J connectivity index is 2.22. The van der Waals surface area contributed by atoms with E-state index in [1.54, 1.807) is 12.1 Å². The van der Waals surface area contributed by atoms with Crippen molar-refractivity contribution in [1.82, 2.24) is 4.90 Å². The normalized spacial score (nSPS) is 15.4. The highest BCUT2D eigenvalue weighted by atomic mass is 16.2. The summed E-state index contributed by atoms with van der Waals surface area (Å²) in [6.45, 7) is 6.32. The molecule has 1 saturated carbocycles. The average Bonchev–Trinajstić information content (AvgIpc) is 2.92. The van der Waals surface area contributed by atoms with Gasteiger partial charge in [-0.3, -0.25) is 4.79 Å². The van der Waals surface area contributed by atoms with Gasteiger partial charge in [-0.2, -0.15) is 0 Å². The van der Waals surface area contributed by atoms with Gasteiger partial charge in [0, 0.05) is 23.8 Å². The molecule has 1 aliphatic carbocycles. The summed E-state index contributed by atoms with van der Waals surface area (Å²) in [6, 6.07) is 5.90. The van der Waals surface area contributed by atoms with Gasteiger partial charge in [0.1, 0.15) is 0 Å². The molecule has 0 aliphatic heterocycles. The van der Waals surface area contributed by atoms with Crippen molar-refractivity contribution >= 4 is 11.6 Å². The molecule has 1 aromatic carbocycles. The fourth-order valence-electron chi connectivity index (χ4n) is 2.69. The molecule has 1 aromatic rings. The van der Waals surface area contributed by atoms with E-state index in [1.165, 1.54) is 12.8 Å². The summed E-state index contributed by atoms with van der Waals surface area (Å²) in [5.41, 5.74) is 8.26. The van der Waals surface area contributed by atoms with Gasteiger partial charge in [0.15, 0.2) is 0 Å². The molecule has 3 heteroatoms. The fraction of sp³-hybridized carbons (Fsp3) is 0.438. The van der Waals surface area contributed by atoms with Crippen molar-refractivity contribution in [3.05, 3.63) is 42.0 Å². The molecule has 0 saturated heterocycles. The molecule has 19 heavy (non-hydrogen) atoms. The van der Waals surface area contributed by atoms with E-state index in [4.69, 9.17) is 5.73 Å². The lowest BCUT2D eigenvalue weighted by atomic mass is 10.1. The van der Waals surface area contributed by atoms with Crippen LogP contribution in [0.25, 0.3) is 0 Å². The summed E-state index contributed by atoms with van der Waals surface area (Å²) in [6.07, 6.45) is 6.42. The molecule has 0 spiro atoms. The number of nitrogens with zero attached hydrogens (tertiary/aromatic N) is 1. The molecule has 102 valence electrons. The number of hydrogen-bond acceptors (Lipinski definition) is 2. The van der Waals surface area contributed by atoms with Crippen LogP contribution < -0.4 is 5.73 Å². The Morgan fingerprint density at radius 1 is 1.47 bits per heavy atom. The quantitative estimate of drug-likeness (QED) is 0.666. The highest BCUT2D eigenvalue weighted by Crippen LogP contribution is 2.25. The van der Waals surface area contributed by atoms with Crippen LogP contribution >= 0.6 is 0 Å². The van der Waals surface area contributed by atoms with Gasteiger partial charge in [0.05, 0.1) is 0 Å². The van der Waals surface area contributed by atoms with Crippen LogP contribution in [0.3, 0.4) is 0 Å². The number of amides is 1. The number of carbonyl (C=O) groups excluding carboxylic acids is 1. The molecule has 0 unspecified atom stereocenters. The zero-order chi connectivity index (χ0) is 13.8. The summed E-state index contributed by atoms with van der Waals surface area (Å²) in [4.78, 5) is 14.5. The van der Waals surface area contributed by atoms with Crippen molar-refractivity contribution in [2.75, 3.05) is 12.3 Å². The third-order valence-corrected chi connectivity index (χ3v) is 3.88. The lowest BCUT2D eigenvalue weighted by molar-refractivity contribution is 0.0706. The van der Waals surface area contributed by atoms with Gasteiger partial charge >= 0.3 is 0 Å². The molecule has 0 aromatic heterocycles. The Bertz CT molecular complexity index is 476. The minimum absolute atomic E-state index is 0.0681. The first-order valence-electron chi connectivity index (χ1n) is 6.91. The van der Waals surface area contributed by atoms with Crippen molar-refractivity contribution in [1.29, 1.82) is 0 Å². The predicted molar refractivity (Wildman–Crippen MR) is 79.1 cm³/mol. The average molecular weight is 258 g/mol. The van der Waals surface area contributed by atoms with E-state index in [9.17, 15) is 4.79 Å². The van der Waals surface area contributed by atoms with Crippen molar-refractivity contribution in [3.63, 3.8) is 0 Å². The molecule has 0 bridgehead atoms. The van der Waals surface area contributed by atoms with E-state index in [-0.39, 0.29) is 5.91 Å². The maximum Gasteiger partial charge on any atom is 0.254 e. The second kappa shape index (κ2) is 5.91. The molecule has 1 fully saturated rings. The SMILES string of the molecule is C=CCN(C(=O)c1ccc(C)c(N)c1)C1CCCC1. The Morgan fingerprint density at radius 2 is 2.16 bits per heavy atom. The van der Waals surface area contributed by atoms with Crippen molar-refractivity contribution in [2.45, 2.75) is 38.6 Å². The van der Waals surface area contributed by atoms with E-state index in [0.29, 0.717) is 23.8 Å². The second-order valence-corrected chi connectivity index (χ2v) is 5.26. The lowest BCUT2D eigenvalue weighted by Crippen LogP contribution is -2.39. The number of hydrogen-bond donors (Lipinski definition) is 1. The molecule has 0 heterocycles. The molecule has 0 radical (unpaired) electrons. The van der Waals surface area contributed by atoms with Crippen LogP contribution in [0.1, 0.15) is 41.6 Å². The Morgan fingerprint density at radius 3 is 2.74 bits per heavy atom. The third kappa shape index (κ3) is 2.98.